The molecule has 110 valence electrons. The van der Waals surface area contributed by atoms with Gasteiger partial charge in [-0.25, -0.2) is 8.78 Å². The van der Waals surface area contributed by atoms with E-state index in [9.17, 15) is 8.78 Å². The van der Waals surface area contributed by atoms with E-state index in [2.05, 4.69) is 11.7 Å². The molecular formula is C16H27F2N. The van der Waals surface area contributed by atoms with E-state index in [4.69, 9.17) is 0 Å². The Morgan fingerprint density at radius 1 is 0.947 bits per heavy atom. The lowest BCUT2D eigenvalue weighted by molar-refractivity contribution is -0.0130. The van der Waals surface area contributed by atoms with Gasteiger partial charge in [0.05, 0.1) is 0 Å². The van der Waals surface area contributed by atoms with E-state index in [1.165, 1.54) is 25.7 Å². The third-order valence-corrected chi connectivity index (χ3v) is 5.20. The summed E-state index contributed by atoms with van der Waals surface area (Å²) in [4.78, 5) is 4.15. The molecule has 2 aliphatic carbocycles. The summed E-state index contributed by atoms with van der Waals surface area (Å²) in [6.45, 7) is 4.70. The van der Waals surface area contributed by atoms with Gasteiger partial charge in [-0.1, -0.05) is 0 Å². The van der Waals surface area contributed by atoms with Crippen LogP contribution in [0.5, 0.6) is 0 Å². The molecule has 0 spiro atoms. The van der Waals surface area contributed by atoms with Gasteiger partial charge in [-0.2, -0.15) is 0 Å². The van der Waals surface area contributed by atoms with Crippen molar-refractivity contribution in [3.05, 3.63) is 0 Å². The third-order valence-electron chi connectivity index (χ3n) is 5.20. The molecule has 0 heterocycles. The molecule has 2 saturated carbocycles. The molecule has 0 unspecified atom stereocenters. The first kappa shape index (κ1) is 14.9. The SMILES string of the molecule is C=NC1CCC(C2CCC(CC(C)(F)F)CC2)CC1. The smallest absolute Gasteiger partial charge is 0.245 e. The molecule has 0 aromatic rings. The summed E-state index contributed by atoms with van der Waals surface area (Å²) >= 11 is 0. The van der Waals surface area contributed by atoms with Crippen molar-refractivity contribution in [2.75, 3.05) is 0 Å². The van der Waals surface area contributed by atoms with Crippen molar-refractivity contribution in [2.45, 2.75) is 76.7 Å². The van der Waals surface area contributed by atoms with Crippen LogP contribution >= 0.6 is 0 Å². The maximum absolute atomic E-state index is 13.0. The van der Waals surface area contributed by atoms with Gasteiger partial charge in [0.15, 0.2) is 0 Å². The fourth-order valence-corrected chi connectivity index (χ4v) is 4.13. The summed E-state index contributed by atoms with van der Waals surface area (Å²) in [6.07, 6.45) is 9.33. The average molecular weight is 271 g/mol. The van der Waals surface area contributed by atoms with Crippen LogP contribution in [-0.4, -0.2) is 18.7 Å². The highest BCUT2D eigenvalue weighted by Crippen LogP contribution is 2.42. The molecule has 0 atom stereocenters. The van der Waals surface area contributed by atoms with Crippen LogP contribution in [0.25, 0.3) is 0 Å². The van der Waals surface area contributed by atoms with Gasteiger partial charge < -0.3 is 0 Å². The Morgan fingerprint density at radius 3 is 1.84 bits per heavy atom. The molecule has 0 aliphatic heterocycles. The molecule has 1 nitrogen and oxygen atoms in total. The highest BCUT2D eigenvalue weighted by atomic mass is 19.3. The molecule has 2 rings (SSSR count). The largest absolute Gasteiger partial charge is 0.298 e. The summed E-state index contributed by atoms with van der Waals surface area (Å²) in [6, 6.07) is 0.478. The average Bonchev–Trinajstić information content (AvgIpc) is 2.38. The molecule has 0 aromatic heterocycles. The van der Waals surface area contributed by atoms with E-state index >= 15 is 0 Å². The summed E-state index contributed by atoms with van der Waals surface area (Å²) < 4.78 is 26.0. The zero-order valence-corrected chi connectivity index (χ0v) is 12.1. The molecule has 0 bridgehead atoms. The normalized spacial score (nSPS) is 37.0. The highest BCUT2D eigenvalue weighted by molar-refractivity contribution is 5.24. The number of rotatable bonds is 4. The van der Waals surface area contributed by atoms with Crippen molar-refractivity contribution in [3.63, 3.8) is 0 Å². The highest BCUT2D eigenvalue weighted by Gasteiger charge is 2.33. The van der Waals surface area contributed by atoms with Crippen molar-refractivity contribution >= 4 is 6.72 Å². The molecule has 0 saturated heterocycles. The minimum absolute atomic E-state index is 0.0901. The molecule has 2 fully saturated rings. The predicted molar refractivity (Wildman–Crippen MR) is 76.0 cm³/mol. The third kappa shape index (κ3) is 4.54. The molecule has 19 heavy (non-hydrogen) atoms. The van der Waals surface area contributed by atoms with Gasteiger partial charge in [-0.15, -0.1) is 0 Å². The number of hydrogen-bond donors (Lipinski definition) is 0. The maximum atomic E-state index is 13.0. The number of hydrogen-bond acceptors (Lipinski definition) is 1. The lowest BCUT2D eigenvalue weighted by Gasteiger charge is -2.37. The van der Waals surface area contributed by atoms with Gasteiger partial charge >= 0.3 is 0 Å². The van der Waals surface area contributed by atoms with Crippen LogP contribution in [0.3, 0.4) is 0 Å². The van der Waals surface area contributed by atoms with Crippen molar-refractivity contribution in [2.24, 2.45) is 22.7 Å². The van der Waals surface area contributed by atoms with Crippen LogP contribution in [0, 0.1) is 17.8 Å². The number of alkyl halides is 2. The zero-order chi connectivity index (χ0) is 13.9. The lowest BCUT2D eigenvalue weighted by Crippen LogP contribution is -2.28. The number of halogens is 2. The monoisotopic (exact) mass is 271 g/mol. The Balaban J connectivity index is 1.73. The summed E-state index contributed by atoms with van der Waals surface area (Å²) in [5.41, 5.74) is 0. The van der Waals surface area contributed by atoms with Crippen LogP contribution in [0.1, 0.15) is 64.7 Å². The first-order chi connectivity index (χ1) is 8.98. The lowest BCUT2D eigenvalue weighted by atomic mass is 9.69. The van der Waals surface area contributed by atoms with Crippen molar-refractivity contribution in [1.82, 2.24) is 0 Å². The van der Waals surface area contributed by atoms with Crippen LogP contribution in [0.4, 0.5) is 8.78 Å². The second-order valence-electron chi connectivity index (χ2n) is 6.81. The Hall–Kier alpha value is -0.470. The minimum atomic E-state index is -2.48. The molecular weight excluding hydrogens is 244 g/mol. The van der Waals surface area contributed by atoms with Crippen LogP contribution in [0.2, 0.25) is 0 Å². The van der Waals surface area contributed by atoms with Crippen molar-refractivity contribution in [1.29, 1.82) is 0 Å². The van der Waals surface area contributed by atoms with E-state index in [-0.39, 0.29) is 12.3 Å². The predicted octanol–water partition coefficient (Wildman–Crippen LogP) is 5.10. The van der Waals surface area contributed by atoms with Gasteiger partial charge in [-0.3, -0.25) is 4.99 Å². The van der Waals surface area contributed by atoms with Gasteiger partial charge in [0.1, 0.15) is 0 Å². The number of nitrogens with zero attached hydrogens (tertiary/aromatic N) is 1. The first-order valence-corrected chi connectivity index (χ1v) is 7.81. The molecule has 0 aromatic carbocycles. The van der Waals surface area contributed by atoms with Gasteiger partial charge in [-0.05, 0) is 82.8 Å². The minimum Gasteiger partial charge on any atom is -0.298 e. The molecule has 0 N–H and O–H groups in total. The van der Waals surface area contributed by atoms with E-state index in [1.54, 1.807) is 0 Å². The molecule has 0 radical (unpaired) electrons. The fourth-order valence-electron chi connectivity index (χ4n) is 4.13. The zero-order valence-electron chi connectivity index (χ0n) is 12.1. The fraction of sp³-hybridized carbons (Fsp3) is 0.938. The standard InChI is InChI=1S/C16H27F2N/c1-16(17,18)11-12-3-5-13(6-4-12)14-7-9-15(19-2)10-8-14/h12-15H,2-11H2,1H3. The van der Waals surface area contributed by atoms with Crippen LogP contribution in [0.15, 0.2) is 4.99 Å². The molecule has 2 aliphatic rings. The quantitative estimate of drug-likeness (QED) is 0.631. The van der Waals surface area contributed by atoms with Crippen molar-refractivity contribution < 1.29 is 8.78 Å². The van der Waals surface area contributed by atoms with Gasteiger partial charge in [0, 0.05) is 12.5 Å². The summed E-state index contributed by atoms with van der Waals surface area (Å²) in [5.74, 6) is -0.624. The summed E-state index contributed by atoms with van der Waals surface area (Å²) in [5, 5.41) is 0. The van der Waals surface area contributed by atoms with Gasteiger partial charge in [0.2, 0.25) is 5.92 Å². The molecule has 3 heteroatoms. The second-order valence-corrected chi connectivity index (χ2v) is 6.81. The van der Waals surface area contributed by atoms with Crippen LogP contribution < -0.4 is 0 Å². The Bertz CT molecular complexity index is 282. The first-order valence-electron chi connectivity index (χ1n) is 7.81. The van der Waals surface area contributed by atoms with Crippen molar-refractivity contribution in [3.8, 4) is 0 Å². The van der Waals surface area contributed by atoms with Crippen LogP contribution in [-0.2, 0) is 0 Å². The van der Waals surface area contributed by atoms with E-state index in [1.807, 2.05) is 0 Å². The molecule has 0 amide bonds. The maximum Gasteiger partial charge on any atom is 0.245 e. The van der Waals surface area contributed by atoms with E-state index < -0.39 is 5.92 Å². The second kappa shape index (κ2) is 6.32. The number of aliphatic imine (C=N–C) groups is 1. The van der Waals surface area contributed by atoms with Gasteiger partial charge in [0.25, 0.3) is 0 Å². The Labute approximate surface area is 115 Å². The van der Waals surface area contributed by atoms with E-state index in [0.29, 0.717) is 6.04 Å². The Kier molecular flexibility index (Phi) is 4.97. The van der Waals surface area contributed by atoms with E-state index in [0.717, 1.165) is 44.4 Å². The summed E-state index contributed by atoms with van der Waals surface area (Å²) in [7, 11) is 0. The Morgan fingerprint density at radius 2 is 1.42 bits per heavy atom. The topological polar surface area (TPSA) is 12.4 Å².